The number of hydrogen-bond acceptors (Lipinski definition) is 2. The summed E-state index contributed by atoms with van der Waals surface area (Å²) in [5, 5.41) is 0. The molecule has 0 N–H and O–H groups in total. The predicted octanol–water partition coefficient (Wildman–Crippen LogP) is 7.12. The minimum Gasteiger partial charge on any atom is -0.491 e. The van der Waals surface area contributed by atoms with Crippen LogP contribution < -0.4 is 9.47 Å². The fourth-order valence-corrected chi connectivity index (χ4v) is 4.48. The van der Waals surface area contributed by atoms with Crippen LogP contribution in [0.4, 0.5) is 17.6 Å². The van der Waals surface area contributed by atoms with Crippen LogP contribution in [0.3, 0.4) is 0 Å². The third-order valence-electron chi connectivity index (χ3n) is 6.16. The van der Waals surface area contributed by atoms with Crippen molar-refractivity contribution in [3.05, 3.63) is 58.7 Å². The van der Waals surface area contributed by atoms with Crippen molar-refractivity contribution in [2.75, 3.05) is 13.2 Å². The molecule has 30 heavy (non-hydrogen) atoms. The van der Waals surface area contributed by atoms with Crippen molar-refractivity contribution in [1.29, 1.82) is 0 Å². The van der Waals surface area contributed by atoms with Crippen LogP contribution >= 0.6 is 0 Å². The van der Waals surface area contributed by atoms with E-state index in [9.17, 15) is 17.6 Å². The van der Waals surface area contributed by atoms with Gasteiger partial charge in [0.25, 0.3) is 0 Å². The van der Waals surface area contributed by atoms with Crippen LogP contribution in [0.15, 0.2) is 24.3 Å². The Morgan fingerprint density at radius 1 is 0.767 bits per heavy atom. The lowest BCUT2D eigenvalue weighted by molar-refractivity contribution is 0.276. The van der Waals surface area contributed by atoms with Gasteiger partial charge in [-0.3, -0.25) is 0 Å². The molecule has 0 spiro atoms. The second-order valence-corrected chi connectivity index (χ2v) is 7.83. The molecule has 0 amide bonds. The van der Waals surface area contributed by atoms with Crippen molar-refractivity contribution >= 4 is 0 Å². The highest BCUT2D eigenvalue weighted by Crippen LogP contribution is 2.44. The van der Waals surface area contributed by atoms with Gasteiger partial charge in [0.15, 0.2) is 23.1 Å². The number of rotatable bonds is 7. The van der Waals surface area contributed by atoms with E-state index in [1.54, 1.807) is 26.0 Å². The maximum atomic E-state index is 14.6. The molecule has 1 saturated carbocycles. The van der Waals surface area contributed by atoms with Crippen LogP contribution in [0.1, 0.15) is 69.4 Å². The maximum absolute atomic E-state index is 14.6. The summed E-state index contributed by atoms with van der Waals surface area (Å²) in [5.41, 5.74) is 0.693. The minimum atomic E-state index is -0.957. The standard InChI is InChI=1S/C24H28F4O2/c1-4-29-19-12-10-17(21(25)23(19)27)14(3)15-6-8-16(9-7-15)18-11-13-20(30-5-2)24(28)22(18)26/h10-16H,4-9H2,1-3H3. The molecule has 1 fully saturated rings. The van der Waals surface area contributed by atoms with Gasteiger partial charge < -0.3 is 9.47 Å². The number of benzene rings is 2. The van der Waals surface area contributed by atoms with E-state index in [4.69, 9.17) is 9.47 Å². The van der Waals surface area contributed by atoms with E-state index in [2.05, 4.69) is 0 Å². The monoisotopic (exact) mass is 424 g/mol. The van der Waals surface area contributed by atoms with Gasteiger partial charge in [0.05, 0.1) is 13.2 Å². The molecule has 0 heterocycles. The Hall–Kier alpha value is -2.24. The summed E-state index contributed by atoms with van der Waals surface area (Å²) in [6.45, 7) is 5.85. The van der Waals surface area contributed by atoms with Gasteiger partial charge in [-0.2, -0.15) is 8.78 Å². The fraction of sp³-hybridized carbons (Fsp3) is 0.500. The summed E-state index contributed by atoms with van der Waals surface area (Å²) >= 11 is 0. The first-order valence-corrected chi connectivity index (χ1v) is 10.6. The van der Waals surface area contributed by atoms with Gasteiger partial charge in [-0.25, -0.2) is 8.78 Å². The maximum Gasteiger partial charge on any atom is 0.200 e. The third kappa shape index (κ3) is 4.42. The Balaban J connectivity index is 1.70. The molecule has 164 valence electrons. The second-order valence-electron chi connectivity index (χ2n) is 7.83. The van der Waals surface area contributed by atoms with Crippen LogP contribution in [0.5, 0.6) is 11.5 Å². The van der Waals surface area contributed by atoms with Gasteiger partial charge in [-0.1, -0.05) is 19.1 Å². The first-order valence-electron chi connectivity index (χ1n) is 10.6. The number of halogens is 4. The highest BCUT2D eigenvalue weighted by atomic mass is 19.2. The van der Waals surface area contributed by atoms with Crippen LogP contribution in [-0.2, 0) is 0 Å². The van der Waals surface area contributed by atoms with Crippen LogP contribution in [0, 0.1) is 29.2 Å². The molecule has 1 unspecified atom stereocenters. The summed E-state index contributed by atoms with van der Waals surface area (Å²) in [5.74, 6) is -3.91. The van der Waals surface area contributed by atoms with E-state index >= 15 is 0 Å². The molecule has 0 aliphatic heterocycles. The summed E-state index contributed by atoms with van der Waals surface area (Å²) in [6.07, 6.45) is 2.80. The average molecular weight is 424 g/mol. The Kier molecular flexibility index (Phi) is 7.27. The van der Waals surface area contributed by atoms with Crippen LogP contribution in [-0.4, -0.2) is 13.2 Å². The summed E-state index contributed by atoms with van der Waals surface area (Å²) in [7, 11) is 0. The molecule has 3 rings (SSSR count). The smallest absolute Gasteiger partial charge is 0.200 e. The summed E-state index contributed by atoms with van der Waals surface area (Å²) in [4.78, 5) is 0. The highest BCUT2D eigenvalue weighted by molar-refractivity contribution is 5.35. The van der Waals surface area contributed by atoms with Crippen molar-refractivity contribution in [3.63, 3.8) is 0 Å². The molecular weight excluding hydrogens is 396 g/mol. The Bertz CT molecular complexity index is 876. The van der Waals surface area contributed by atoms with Gasteiger partial charge in [0.2, 0.25) is 11.6 Å². The van der Waals surface area contributed by atoms with Crippen molar-refractivity contribution < 1.29 is 27.0 Å². The Labute approximate surface area is 175 Å². The molecule has 2 aromatic carbocycles. The predicted molar refractivity (Wildman–Crippen MR) is 108 cm³/mol. The highest BCUT2D eigenvalue weighted by Gasteiger charge is 2.31. The zero-order valence-electron chi connectivity index (χ0n) is 17.6. The van der Waals surface area contributed by atoms with Gasteiger partial charge in [0.1, 0.15) is 0 Å². The lowest BCUT2D eigenvalue weighted by Gasteiger charge is -2.33. The molecule has 1 aliphatic carbocycles. The molecule has 0 aromatic heterocycles. The number of ether oxygens (including phenoxy) is 2. The van der Waals surface area contributed by atoms with E-state index in [-0.39, 0.29) is 42.5 Å². The Morgan fingerprint density at radius 3 is 1.87 bits per heavy atom. The Morgan fingerprint density at radius 2 is 1.30 bits per heavy atom. The normalized spacial score (nSPS) is 20.1. The molecule has 2 aromatic rings. The van der Waals surface area contributed by atoms with Crippen molar-refractivity contribution in [2.24, 2.45) is 5.92 Å². The van der Waals surface area contributed by atoms with Gasteiger partial charge in [0, 0.05) is 0 Å². The molecule has 1 atom stereocenters. The molecule has 2 nitrogen and oxygen atoms in total. The topological polar surface area (TPSA) is 18.5 Å². The zero-order valence-corrected chi connectivity index (χ0v) is 17.6. The molecule has 0 bridgehead atoms. The van der Waals surface area contributed by atoms with E-state index < -0.39 is 23.3 Å². The quantitative estimate of drug-likeness (QED) is 0.441. The van der Waals surface area contributed by atoms with Crippen LogP contribution in [0.2, 0.25) is 0 Å². The third-order valence-corrected chi connectivity index (χ3v) is 6.16. The largest absolute Gasteiger partial charge is 0.491 e. The molecule has 0 saturated heterocycles. The lowest BCUT2D eigenvalue weighted by Crippen LogP contribution is -2.20. The first-order chi connectivity index (χ1) is 14.4. The van der Waals surface area contributed by atoms with Gasteiger partial charge in [-0.05, 0) is 80.5 Å². The SMILES string of the molecule is CCOc1ccc(C2CCC(C(C)c3ccc(OCC)c(F)c3F)CC2)c(F)c1F. The zero-order chi connectivity index (χ0) is 21.8. The fourth-order valence-electron chi connectivity index (χ4n) is 4.48. The lowest BCUT2D eigenvalue weighted by atomic mass is 9.72. The number of hydrogen-bond donors (Lipinski definition) is 0. The second kappa shape index (κ2) is 9.71. The van der Waals surface area contributed by atoms with E-state index in [1.165, 1.54) is 12.1 Å². The van der Waals surface area contributed by atoms with Crippen molar-refractivity contribution in [1.82, 2.24) is 0 Å². The molecule has 1 aliphatic rings. The first kappa shape index (κ1) is 22.4. The van der Waals surface area contributed by atoms with Gasteiger partial charge >= 0.3 is 0 Å². The van der Waals surface area contributed by atoms with Crippen LogP contribution in [0.25, 0.3) is 0 Å². The van der Waals surface area contributed by atoms with Crippen molar-refractivity contribution in [2.45, 2.75) is 58.3 Å². The minimum absolute atomic E-state index is 0.0749. The van der Waals surface area contributed by atoms with Crippen molar-refractivity contribution in [3.8, 4) is 11.5 Å². The average Bonchev–Trinajstić information content (AvgIpc) is 2.75. The van der Waals surface area contributed by atoms with E-state index in [1.807, 2.05) is 6.92 Å². The van der Waals surface area contributed by atoms with Gasteiger partial charge in [-0.15, -0.1) is 0 Å². The summed E-state index contributed by atoms with van der Waals surface area (Å²) in [6, 6.07) is 6.13. The molecular formula is C24H28F4O2. The van der Waals surface area contributed by atoms with E-state index in [0.717, 1.165) is 12.8 Å². The van der Waals surface area contributed by atoms with E-state index in [0.29, 0.717) is 24.0 Å². The molecule has 0 radical (unpaired) electrons. The molecule has 6 heteroatoms. The summed E-state index contributed by atoms with van der Waals surface area (Å²) < 4.78 is 67.8.